The Kier molecular flexibility index (Phi) is 2.73. The number of esters is 1. The number of methoxy groups -OCH3 is 1. The molecule has 0 radical (unpaired) electrons. The van der Waals surface area contributed by atoms with E-state index in [1.807, 2.05) is 0 Å². The smallest absolute Gasteiger partial charge is 0.314 e. The molecule has 1 fully saturated rings. The fraction of sp³-hybridized carbons (Fsp3) is 0.889. The molecule has 12 heavy (non-hydrogen) atoms. The highest BCUT2D eigenvalue weighted by Gasteiger charge is 2.42. The van der Waals surface area contributed by atoms with Crippen LogP contribution in [0.2, 0.25) is 0 Å². The van der Waals surface area contributed by atoms with Gasteiger partial charge in [-0.05, 0) is 19.8 Å². The summed E-state index contributed by atoms with van der Waals surface area (Å²) in [5.74, 6) is -0.283. The van der Waals surface area contributed by atoms with Gasteiger partial charge in [-0.25, -0.2) is 0 Å². The second kappa shape index (κ2) is 3.44. The van der Waals surface area contributed by atoms with Crippen molar-refractivity contribution in [1.82, 2.24) is 0 Å². The molecule has 0 aliphatic heterocycles. The molecule has 1 rings (SSSR count). The van der Waals surface area contributed by atoms with Gasteiger partial charge in [0, 0.05) is 0 Å². The highest BCUT2D eigenvalue weighted by atomic mass is 16.5. The molecule has 3 nitrogen and oxygen atoms in total. The Morgan fingerprint density at radius 2 is 2.25 bits per heavy atom. The first kappa shape index (κ1) is 9.52. The van der Waals surface area contributed by atoms with E-state index in [1.54, 1.807) is 6.92 Å². The third-order valence-electron chi connectivity index (χ3n) is 2.81. The van der Waals surface area contributed by atoms with Crippen LogP contribution in [0.1, 0.15) is 32.6 Å². The predicted octanol–water partition coefficient (Wildman–Crippen LogP) is 1.10. The summed E-state index contributed by atoms with van der Waals surface area (Å²) in [6.07, 6.45) is 2.93. The van der Waals surface area contributed by atoms with Crippen LogP contribution in [0, 0.1) is 5.41 Å². The summed E-state index contributed by atoms with van der Waals surface area (Å²) in [6, 6.07) is 0. The van der Waals surface area contributed by atoms with E-state index in [4.69, 9.17) is 0 Å². The van der Waals surface area contributed by atoms with Crippen molar-refractivity contribution < 1.29 is 14.6 Å². The Morgan fingerprint density at radius 1 is 1.58 bits per heavy atom. The van der Waals surface area contributed by atoms with Crippen LogP contribution in [0.5, 0.6) is 0 Å². The van der Waals surface area contributed by atoms with Gasteiger partial charge in [0.25, 0.3) is 0 Å². The zero-order chi connectivity index (χ0) is 9.19. The Balaban J connectivity index is 2.72. The molecule has 0 unspecified atom stereocenters. The van der Waals surface area contributed by atoms with Gasteiger partial charge < -0.3 is 9.84 Å². The van der Waals surface area contributed by atoms with Crippen LogP contribution in [0.4, 0.5) is 0 Å². The normalized spacial score (nSPS) is 36.1. The molecule has 1 saturated carbocycles. The third kappa shape index (κ3) is 1.46. The first-order chi connectivity index (χ1) is 5.61. The maximum absolute atomic E-state index is 11.3. The second-order valence-electron chi connectivity index (χ2n) is 3.67. The van der Waals surface area contributed by atoms with Gasteiger partial charge in [0.05, 0.1) is 18.6 Å². The molecule has 0 aromatic heterocycles. The Labute approximate surface area is 72.7 Å². The zero-order valence-electron chi connectivity index (χ0n) is 7.67. The van der Waals surface area contributed by atoms with Gasteiger partial charge in [0.1, 0.15) is 0 Å². The molecule has 0 aromatic rings. The third-order valence-corrected chi connectivity index (χ3v) is 2.81. The standard InChI is InChI=1S/C9H16O3/c1-9(8(11)12-2)6-4-3-5-7(9)10/h7,10H,3-6H2,1-2H3/t7-,9+/m1/s1. The van der Waals surface area contributed by atoms with Gasteiger partial charge in [0.15, 0.2) is 0 Å². The SMILES string of the molecule is COC(=O)[C@@]1(C)CCCC[C@H]1O. The van der Waals surface area contributed by atoms with Crippen LogP contribution < -0.4 is 0 Å². The maximum atomic E-state index is 11.3. The van der Waals surface area contributed by atoms with Gasteiger partial charge in [-0.3, -0.25) is 4.79 Å². The number of hydrogen-bond donors (Lipinski definition) is 1. The largest absolute Gasteiger partial charge is 0.469 e. The predicted molar refractivity (Wildman–Crippen MR) is 44.6 cm³/mol. The molecule has 0 bridgehead atoms. The highest BCUT2D eigenvalue weighted by molar-refractivity contribution is 5.77. The average molecular weight is 172 g/mol. The molecule has 0 spiro atoms. The molecule has 1 aliphatic carbocycles. The number of ether oxygens (including phenoxy) is 1. The van der Waals surface area contributed by atoms with Crippen molar-refractivity contribution in [3.8, 4) is 0 Å². The molecule has 1 N–H and O–H groups in total. The number of rotatable bonds is 1. The molecule has 3 heteroatoms. The van der Waals surface area contributed by atoms with Crippen molar-refractivity contribution in [2.75, 3.05) is 7.11 Å². The minimum Gasteiger partial charge on any atom is -0.469 e. The minimum atomic E-state index is -0.660. The highest BCUT2D eigenvalue weighted by Crippen LogP contribution is 2.36. The van der Waals surface area contributed by atoms with E-state index >= 15 is 0 Å². The van der Waals surface area contributed by atoms with Gasteiger partial charge in [-0.15, -0.1) is 0 Å². The summed E-state index contributed by atoms with van der Waals surface area (Å²) in [4.78, 5) is 11.3. The van der Waals surface area contributed by atoms with E-state index in [1.165, 1.54) is 7.11 Å². The molecule has 0 heterocycles. The maximum Gasteiger partial charge on any atom is 0.314 e. The summed E-state index contributed by atoms with van der Waals surface area (Å²) in [6.45, 7) is 1.78. The molecule has 0 amide bonds. The lowest BCUT2D eigenvalue weighted by Crippen LogP contribution is -2.42. The van der Waals surface area contributed by atoms with Crippen molar-refractivity contribution in [1.29, 1.82) is 0 Å². The number of aliphatic hydroxyl groups is 1. The van der Waals surface area contributed by atoms with Crippen molar-refractivity contribution in [2.24, 2.45) is 5.41 Å². The van der Waals surface area contributed by atoms with Gasteiger partial charge >= 0.3 is 5.97 Å². The van der Waals surface area contributed by atoms with Crippen molar-refractivity contribution in [2.45, 2.75) is 38.7 Å². The number of carbonyl (C=O) groups is 1. The van der Waals surface area contributed by atoms with E-state index < -0.39 is 11.5 Å². The number of carbonyl (C=O) groups excluding carboxylic acids is 1. The quantitative estimate of drug-likeness (QED) is 0.602. The van der Waals surface area contributed by atoms with E-state index in [0.29, 0.717) is 6.42 Å². The first-order valence-corrected chi connectivity index (χ1v) is 4.38. The zero-order valence-corrected chi connectivity index (χ0v) is 7.67. The molecule has 2 atom stereocenters. The summed E-state index contributed by atoms with van der Waals surface area (Å²) < 4.78 is 4.66. The van der Waals surface area contributed by atoms with Crippen molar-refractivity contribution in [3.63, 3.8) is 0 Å². The molecular formula is C9H16O3. The topological polar surface area (TPSA) is 46.5 Å². The summed E-state index contributed by atoms with van der Waals surface area (Å²) in [7, 11) is 1.37. The lowest BCUT2D eigenvalue weighted by molar-refractivity contribution is -0.161. The number of hydrogen-bond acceptors (Lipinski definition) is 3. The van der Waals surface area contributed by atoms with Crippen LogP contribution in [0.3, 0.4) is 0 Å². The van der Waals surface area contributed by atoms with E-state index in [0.717, 1.165) is 19.3 Å². The van der Waals surface area contributed by atoms with E-state index in [9.17, 15) is 9.90 Å². The van der Waals surface area contributed by atoms with Crippen LogP contribution in [0.25, 0.3) is 0 Å². The lowest BCUT2D eigenvalue weighted by atomic mass is 9.73. The van der Waals surface area contributed by atoms with Crippen LogP contribution in [-0.4, -0.2) is 24.3 Å². The lowest BCUT2D eigenvalue weighted by Gasteiger charge is -2.35. The summed E-state index contributed by atoms with van der Waals surface area (Å²) in [5.41, 5.74) is -0.660. The Bertz CT molecular complexity index is 179. The Morgan fingerprint density at radius 3 is 2.75 bits per heavy atom. The average Bonchev–Trinajstić information content (AvgIpc) is 2.09. The summed E-state index contributed by atoms with van der Waals surface area (Å²) >= 11 is 0. The van der Waals surface area contributed by atoms with Crippen molar-refractivity contribution >= 4 is 5.97 Å². The van der Waals surface area contributed by atoms with Gasteiger partial charge in [-0.1, -0.05) is 12.8 Å². The monoisotopic (exact) mass is 172 g/mol. The van der Waals surface area contributed by atoms with Crippen molar-refractivity contribution in [3.05, 3.63) is 0 Å². The van der Waals surface area contributed by atoms with Gasteiger partial charge in [-0.2, -0.15) is 0 Å². The molecule has 70 valence electrons. The molecule has 1 aliphatic rings. The van der Waals surface area contributed by atoms with E-state index in [-0.39, 0.29) is 5.97 Å². The second-order valence-corrected chi connectivity index (χ2v) is 3.67. The fourth-order valence-electron chi connectivity index (χ4n) is 1.79. The van der Waals surface area contributed by atoms with Gasteiger partial charge in [0.2, 0.25) is 0 Å². The van der Waals surface area contributed by atoms with Crippen LogP contribution >= 0.6 is 0 Å². The number of aliphatic hydroxyl groups excluding tert-OH is 1. The fourth-order valence-corrected chi connectivity index (χ4v) is 1.79. The first-order valence-electron chi connectivity index (χ1n) is 4.38. The molecular weight excluding hydrogens is 156 g/mol. The minimum absolute atomic E-state index is 0.283. The molecule has 0 aromatic carbocycles. The van der Waals surface area contributed by atoms with Crippen LogP contribution in [-0.2, 0) is 9.53 Å². The molecule has 0 saturated heterocycles. The summed E-state index contributed by atoms with van der Waals surface area (Å²) in [5, 5.41) is 9.63. The van der Waals surface area contributed by atoms with Crippen LogP contribution in [0.15, 0.2) is 0 Å². The van der Waals surface area contributed by atoms with E-state index in [2.05, 4.69) is 4.74 Å². The Hall–Kier alpha value is -0.570.